The second-order valence-corrected chi connectivity index (χ2v) is 3.73. The lowest BCUT2D eigenvalue weighted by molar-refractivity contribution is 0.663. The van der Waals surface area contributed by atoms with Crippen molar-refractivity contribution in [3.8, 4) is 11.3 Å². The molecular weight excluding hydrogens is 206 g/mol. The third-order valence-electron chi connectivity index (χ3n) is 2.15. The minimum atomic E-state index is 0.627. The maximum absolute atomic E-state index is 8.71. The lowest BCUT2D eigenvalue weighted by atomic mass is 10.1. The standard InChI is InChI=1S/C12H11NOS/c14-15-9-10-4-6-11(7-5-10)12-3-1-2-8-13-12/h1-8,14H,9H2. The van der Waals surface area contributed by atoms with Gasteiger partial charge in [0, 0.05) is 17.5 Å². The lowest BCUT2D eigenvalue weighted by Gasteiger charge is -2.01. The highest BCUT2D eigenvalue weighted by atomic mass is 32.2. The summed E-state index contributed by atoms with van der Waals surface area (Å²) in [6.07, 6.45) is 1.78. The van der Waals surface area contributed by atoms with Gasteiger partial charge in [0.15, 0.2) is 0 Å². The van der Waals surface area contributed by atoms with Crippen LogP contribution in [0.2, 0.25) is 0 Å². The fourth-order valence-corrected chi connectivity index (χ4v) is 1.72. The van der Waals surface area contributed by atoms with E-state index < -0.39 is 0 Å². The third kappa shape index (κ3) is 2.58. The molecular formula is C12H11NOS. The van der Waals surface area contributed by atoms with Crippen molar-refractivity contribution in [1.82, 2.24) is 4.98 Å². The van der Waals surface area contributed by atoms with Crippen molar-refractivity contribution in [1.29, 1.82) is 0 Å². The minimum absolute atomic E-state index is 0.627. The molecule has 0 bridgehead atoms. The molecule has 0 atom stereocenters. The average molecular weight is 217 g/mol. The number of benzene rings is 1. The second-order valence-electron chi connectivity index (χ2n) is 3.19. The van der Waals surface area contributed by atoms with Crippen LogP contribution in [0.3, 0.4) is 0 Å². The van der Waals surface area contributed by atoms with Crippen molar-refractivity contribution < 1.29 is 4.55 Å². The lowest BCUT2D eigenvalue weighted by Crippen LogP contribution is -1.83. The van der Waals surface area contributed by atoms with Crippen LogP contribution >= 0.6 is 12.0 Å². The van der Waals surface area contributed by atoms with Gasteiger partial charge in [0.1, 0.15) is 0 Å². The van der Waals surface area contributed by atoms with Gasteiger partial charge in [-0.15, -0.1) is 0 Å². The third-order valence-corrected chi connectivity index (χ3v) is 2.61. The predicted molar refractivity (Wildman–Crippen MR) is 63.6 cm³/mol. The highest BCUT2D eigenvalue weighted by molar-refractivity contribution is 7.92. The van der Waals surface area contributed by atoms with Gasteiger partial charge in [-0.1, -0.05) is 30.3 Å². The molecule has 0 fully saturated rings. The van der Waals surface area contributed by atoms with Crippen LogP contribution in [0, 0.1) is 0 Å². The van der Waals surface area contributed by atoms with E-state index in [4.69, 9.17) is 4.55 Å². The number of pyridine rings is 1. The fraction of sp³-hybridized carbons (Fsp3) is 0.0833. The Morgan fingerprint density at radius 1 is 1.07 bits per heavy atom. The molecule has 0 aliphatic heterocycles. The van der Waals surface area contributed by atoms with Crippen LogP contribution in [0.25, 0.3) is 11.3 Å². The normalized spacial score (nSPS) is 10.2. The Morgan fingerprint density at radius 3 is 2.47 bits per heavy atom. The summed E-state index contributed by atoms with van der Waals surface area (Å²) in [6.45, 7) is 0. The topological polar surface area (TPSA) is 33.1 Å². The molecule has 0 amide bonds. The molecule has 2 rings (SSSR count). The van der Waals surface area contributed by atoms with Crippen LogP contribution in [0.15, 0.2) is 48.7 Å². The fourth-order valence-electron chi connectivity index (χ4n) is 1.38. The number of hydrogen-bond donors (Lipinski definition) is 1. The van der Waals surface area contributed by atoms with Gasteiger partial charge in [-0.3, -0.25) is 4.98 Å². The molecule has 2 aromatic rings. The maximum Gasteiger partial charge on any atom is 0.0701 e. The molecule has 0 aliphatic carbocycles. The summed E-state index contributed by atoms with van der Waals surface area (Å²) in [6, 6.07) is 13.9. The summed E-state index contributed by atoms with van der Waals surface area (Å²) >= 11 is 0.841. The Labute approximate surface area is 93.2 Å². The highest BCUT2D eigenvalue weighted by Crippen LogP contribution is 2.18. The van der Waals surface area contributed by atoms with Crippen molar-refractivity contribution in [3.63, 3.8) is 0 Å². The Balaban J connectivity index is 2.24. The van der Waals surface area contributed by atoms with E-state index in [1.54, 1.807) is 6.20 Å². The Hall–Kier alpha value is -1.32. The molecule has 1 aromatic heterocycles. The molecule has 3 heteroatoms. The Morgan fingerprint density at radius 2 is 1.87 bits per heavy atom. The first-order chi connectivity index (χ1) is 7.40. The van der Waals surface area contributed by atoms with Gasteiger partial charge in [-0.25, -0.2) is 0 Å². The van der Waals surface area contributed by atoms with Gasteiger partial charge in [0.25, 0.3) is 0 Å². The molecule has 1 aromatic carbocycles. The van der Waals surface area contributed by atoms with E-state index in [0.717, 1.165) is 28.9 Å². The van der Waals surface area contributed by atoms with E-state index in [0.29, 0.717) is 5.75 Å². The molecule has 1 heterocycles. The highest BCUT2D eigenvalue weighted by Gasteiger charge is 1.98. The largest absolute Gasteiger partial charge is 0.330 e. The number of aromatic nitrogens is 1. The van der Waals surface area contributed by atoms with Crippen molar-refractivity contribution in [2.24, 2.45) is 0 Å². The quantitative estimate of drug-likeness (QED) is 0.799. The Bertz CT molecular complexity index is 413. The summed E-state index contributed by atoms with van der Waals surface area (Å²) in [4.78, 5) is 4.27. The van der Waals surface area contributed by atoms with Gasteiger partial charge in [-0.05, 0) is 29.7 Å². The summed E-state index contributed by atoms with van der Waals surface area (Å²) in [5.41, 5.74) is 3.19. The molecule has 15 heavy (non-hydrogen) atoms. The summed E-state index contributed by atoms with van der Waals surface area (Å²) in [5, 5.41) is 0. The maximum atomic E-state index is 8.71. The first kappa shape index (κ1) is 10.2. The summed E-state index contributed by atoms with van der Waals surface area (Å²) in [7, 11) is 0. The smallest absolute Gasteiger partial charge is 0.0701 e. The minimum Gasteiger partial charge on any atom is -0.330 e. The van der Waals surface area contributed by atoms with Crippen LogP contribution in [-0.2, 0) is 5.75 Å². The zero-order valence-corrected chi connectivity index (χ0v) is 8.95. The molecule has 0 spiro atoms. The number of nitrogens with zero attached hydrogens (tertiary/aromatic N) is 1. The molecule has 76 valence electrons. The second kappa shape index (κ2) is 4.96. The van der Waals surface area contributed by atoms with Crippen LogP contribution in [0.1, 0.15) is 5.56 Å². The van der Waals surface area contributed by atoms with E-state index in [2.05, 4.69) is 4.98 Å². The van der Waals surface area contributed by atoms with E-state index in [-0.39, 0.29) is 0 Å². The molecule has 0 unspecified atom stereocenters. The van der Waals surface area contributed by atoms with Crippen molar-refractivity contribution in [3.05, 3.63) is 54.2 Å². The van der Waals surface area contributed by atoms with Crippen LogP contribution in [-0.4, -0.2) is 9.54 Å². The van der Waals surface area contributed by atoms with Crippen molar-refractivity contribution in [2.75, 3.05) is 0 Å². The molecule has 0 radical (unpaired) electrons. The number of rotatable bonds is 3. The van der Waals surface area contributed by atoms with E-state index in [9.17, 15) is 0 Å². The van der Waals surface area contributed by atoms with Crippen LogP contribution in [0.5, 0.6) is 0 Å². The van der Waals surface area contributed by atoms with Gasteiger partial charge in [0.05, 0.1) is 5.69 Å². The van der Waals surface area contributed by atoms with E-state index in [1.807, 2.05) is 42.5 Å². The first-order valence-electron chi connectivity index (χ1n) is 4.67. The van der Waals surface area contributed by atoms with Gasteiger partial charge in [-0.2, -0.15) is 0 Å². The van der Waals surface area contributed by atoms with Crippen LogP contribution < -0.4 is 0 Å². The molecule has 1 N–H and O–H groups in total. The zero-order chi connectivity index (χ0) is 10.5. The molecule has 0 saturated carbocycles. The molecule has 2 nitrogen and oxygen atoms in total. The zero-order valence-electron chi connectivity index (χ0n) is 8.13. The van der Waals surface area contributed by atoms with Gasteiger partial charge >= 0.3 is 0 Å². The number of hydrogen-bond acceptors (Lipinski definition) is 3. The predicted octanol–water partition coefficient (Wildman–Crippen LogP) is 3.45. The monoisotopic (exact) mass is 217 g/mol. The molecule has 0 aliphatic rings. The Kier molecular flexibility index (Phi) is 3.37. The summed E-state index contributed by atoms with van der Waals surface area (Å²) in [5.74, 6) is 0.627. The van der Waals surface area contributed by atoms with Gasteiger partial charge < -0.3 is 4.55 Å². The summed E-state index contributed by atoms with van der Waals surface area (Å²) < 4.78 is 8.71. The average Bonchev–Trinajstić information content (AvgIpc) is 2.32. The van der Waals surface area contributed by atoms with Gasteiger partial charge in [0.2, 0.25) is 0 Å². The van der Waals surface area contributed by atoms with Crippen LogP contribution in [0.4, 0.5) is 0 Å². The van der Waals surface area contributed by atoms with E-state index >= 15 is 0 Å². The van der Waals surface area contributed by atoms with Crippen molar-refractivity contribution >= 4 is 12.0 Å². The SMILES string of the molecule is OSCc1ccc(-c2ccccn2)cc1. The first-order valence-corrected chi connectivity index (χ1v) is 5.61. The van der Waals surface area contributed by atoms with E-state index in [1.165, 1.54) is 0 Å². The molecule has 0 saturated heterocycles. The van der Waals surface area contributed by atoms with Crippen molar-refractivity contribution in [2.45, 2.75) is 5.75 Å².